The van der Waals surface area contributed by atoms with Gasteiger partial charge in [0.2, 0.25) is 0 Å². The van der Waals surface area contributed by atoms with Crippen molar-refractivity contribution in [3.05, 3.63) is 47.6 Å². The molecule has 4 rings (SSSR count). The van der Waals surface area contributed by atoms with Crippen molar-refractivity contribution >= 4 is 38.2 Å². The second-order valence-corrected chi connectivity index (χ2v) is 8.64. The first-order chi connectivity index (χ1) is 13.0. The third kappa shape index (κ3) is 3.36. The zero-order valence-electron chi connectivity index (χ0n) is 14.4. The van der Waals surface area contributed by atoms with Crippen LogP contribution in [-0.4, -0.2) is 36.8 Å². The molecule has 27 heavy (non-hydrogen) atoms. The number of nitrogens with two attached hydrogens (primary N) is 1. The molecule has 2 heterocycles. The highest BCUT2D eigenvalue weighted by Crippen LogP contribution is 2.29. The first-order valence-electron chi connectivity index (χ1n) is 8.60. The number of hydrogen-bond acceptors (Lipinski definition) is 6. The van der Waals surface area contributed by atoms with Crippen LogP contribution in [0, 0.1) is 0 Å². The number of halogens is 1. The maximum Gasteiger partial charge on any atom is 0.283 e. The molecule has 0 saturated carbocycles. The fourth-order valence-corrected chi connectivity index (χ4v) is 4.72. The molecule has 9 heteroatoms. The number of ether oxygens (including phenoxy) is 1. The highest BCUT2D eigenvalue weighted by molar-refractivity contribution is 7.90. The summed E-state index contributed by atoms with van der Waals surface area (Å²) in [6.45, 7) is 1.53. The Balaban J connectivity index is 1.70. The number of hydrogen-bond donors (Lipinski definition) is 2. The normalized spacial score (nSPS) is 17.4. The standard InChI is InChI=1S/C18H19ClN4O3S/c19-15-9-13(6-7-16(15)20)27(24,25)23-17-4-1-5-18(14(17)10-22-23)26-11-12-3-2-8-21-12/h1,4-7,9-10,12,21H,2-3,8,11,20H2/t12-/m0/s1. The minimum atomic E-state index is -3.91. The van der Waals surface area contributed by atoms with Gasteiger partial charge in [-0.05, 0) is 49.7 Å². The Labute approximate surface area is 162 Å². The Bertz CT molecular complexity index is 1090. The molecule has 3 aromatic rings. The maximum atomic E-state index is 13.0. The first kappa shape index (κ1) is 18.1. The van der Waals surface area contributed by atoms with Crippen LogP contribution >= 0.6 is 11.6 Å². The molecule has 1 aliphatic heterocycles. The van der Waals surface area contributed by atoms with Crippen LogP contribution in [0.15, 0.2) is 47.5 Å². The lowest BCUT2D eigenvalue weighted by Crippen LogP contribution is -2.28. The van der Waals surface area contributed by atoms with Gasteiger partial charge in [-0.3, -0.25) is 0 Å². The van der Waals surface area contributed by atoms with Gasteiger partial charge in [0.25, 0.3) is 10.0 Å². The van der Waals surface area contributed by atoms with Crippen LogP contribution in [0.5, 0.6) is 5.75 Å². The van der Waals surface area contributed by atoms with Crippen LogP contribution in [0.25, 0.3) is 10.9 Å². The molecular formula is C18H19ClN4O3S. The average molecular weight is 407 g/mol. The van der Waals surface area contributed by atoms with Crippen LogP contribution in [0.4, 0.5) is 5.69 Å². The summed E-state index contributed by atoms with van der Waals surface area (Å²) in [6.07, 6.45) is 3.71. The monoisotopic (exact) mass is 406 g/mol. The summed E-state index contributed by atoms with van der Waals surface area (Å²) >= 11 is 5.98. The molecule has 0 aliphatic carbocycles. The molecule has 0 amide bonds. The Morgan fingerprint density at radius 3 is 2.93 bits per heavy atom. The predicted molar refractivity (Wildman–Crippen MR) is 105 cm³/mol. The lowest BCUT2D eigenvalue weighted by molar-refractivity contribution is 0.280. The maximum absolute atomic E-state index is 13.0. The van der Waals surface area contributed by atoms with E-state index < -0.39 is 10.0 Å². The Kier molecular flexibility index (Phi) is 4.71. The van der Waals surface area contributed by atoms with Crippen molar-refractivity contribution in [3.8, 4) is 5.75 Å². The Morgan fingerprint density at radius 1 is 1.33 bits per heavy atom. The fourth-order valence-electron chi connectivity index (χ4n) is 3.18. The zero-order chi connectivity index (χ0) is 19.0. The van der Waals surface area contributed by atoms with Gasteiger partial charge in [-0.1, -0.05) is 17.7 Å². The molecular weight excluding hydrogens is 388 g/mol. The summed E-state index contributed by atoms with van der Waals surface area (Å²) in [7, 11) is -3.91. The number of fused-ring (bicyclic) bond motifs is 1. The summed E-state index contributed by atoms with van der Waals surface area (Å²) in [4.78, 5) is 0.0215. The van der Waals surface area contributed by atoms with E-state index in [1.165, 1.54) is 24.4 Å². The van der Waals surface area contributed by atoms with E-state index in [-0.39, 0.29) is 9.92 Å². The lowest BCUT2D eigenvalue weighted by Gasteiger charge is -2.13. The number of nitrogens with one attached hydrogen (secondary N) is 1. The number of rotatable bonds is 5. The van der Waals surface area contributed by atoms with Crippen LogP contribution in [0.3, 0.4) is 0 Å². The van der Waals surface area contributed by atoms with Gasteiger partial charge in [-0.2, -0.15) is 17.6 Å². The molecule has 3 N–H and O–H groups in total. The number of nitrogen functional groups attached to an aromatic ring is 1. The molecule has 1 saturated heterocycles. The van der Waals surface area contributed by atoms with Crippen molar-refractivity contribution in [3.63, 3.8) is 0 Å². The third-order valence-corrected chi connectivity index (χ3v) is 6.56. The Morgan fingerprint density at radius 2 is 2.19 bits per heavy atom. The van der Waals surface area contributed by atoms with E-state index in [1.54, 1.807) is 12.1 Å². The van der Waals surface area contributed by atoms with Gasteiger partial charge < -0.3 is 15.8 Å². The van der Waals surface area contributed by atoms with Crippen LogP contribution in [0.1, 0.15) is 12.8 Å². The quantitative estimate of drug-likeness (QED) is 0.632. The summed E-state index contributed by atoms with van der Waals surface area (Å²) in [5, 5.41) is 8.29. The third-order valence-electron chi connectivity index (χ3n) is 4.64. The average Bonchev–Trinajstić information content (AvgIpc) is 3.31. The summed E-state index contributed by atoms with van der Waals surface area (Å²) in [5.74, 6) is 0.609. The van der Waals surface area contributed by atoms with Crippen molar-refractivity contribution in [2.24, 2.45) is 0 Å². The van der Waals surface area contributed by atoms with Crippen molar-refractivity contribution in [2.45, 2.75) is 23.8 Å². The van der Waals surface area contributed by atoms with Crippen molar-refractivity contribution in [2.75, 3.05) is 18.9 Å². The summed E-state index contributed by atoms with van der Waals surface area (Å²) in [5.41, 5.74) is 6.44. The smallest absolute Gasteiger partial charge is 0.283 e. The molecule has 1 aliphatic rings. The molecule has 1 aromatic heterocycles. The van der Waals surface area contributed by atoms with Gasteiger partial charge >= 0.3 is 0 Å². The minimum absolute atomic E-state index is 0.0215. The number of anilines is 1. The zero-order valence-corrected chi connectivity index (χ0v) is 16.0. The van der Waals surface area contributed by atoms with E-state index in [1.807, 2.05) is 6.07 Å². The van der Waals surface area contributed by atoms with E-state index in [9.17, 15) is 8.42 Å². The molecule has 1 atom stereocenters. The van der Waals surface area contributed by atoms with E-state index >= 15 is 0 Å². The van der Waals surface area contributed by atoms with Crippen LogP contribution in [-0.2, 0) is 10.0 Å². The summed E-state index contributed by atoms with van der Waals surface area (Å²) < 4.78 is 32.9. The van der Waals surface area contributed by atoms with E-state index in [0.29, 0.717) is 35.0 Å². The SMILES string of the molecule is Nc1ccc(S(=O)(=O)n2ncc3c(OC[C@@H]4CCCN4)cccc32)cc1Cl. The molecule has 1 fully saturated rings. The van der Waals surface area contributed by atoms with Gasteiger partial charge in [0.05, 0.1) is 32.7 Å². The highest BCUT2D eigenvalue weighted by atomic mass is 35.5. The predicted octanol–water partition coefficient (Wildman–Crippen LogP) is 2.64. The molecule has 142 valence electrons. The van der Waals surface area contributed by atoms with Crippen molar-refractivity contribution < 1.29 is 13.2 Å². The first-order valence-corrected chi connectivity index (χ1v) is 10.4. The van der Waals surface area contributed by atoms with E-state index in [0.717, 1.165) is 23.5 Å². The van der Waals surface area contributed by atoms with Gasteiger partial charge in [0.15, 0.2) is 0 Å². The fraction of sp³-hybridized carbons (Fsp3) is 0.278. The molecule has 0 radical (unpaired) electrons. The van der Waals surface area contributed by atoms with Crippen molar-refractivity contribution in [1.82, 2.24) is 14.5 Å². The van der Waals surface area contributed by atoms with Crippen LogP contribution in [0.2, 0.25) is 5.02 Å². The number of benzene rings is 2. The topological polar surface area (TPSA) is 99.2 Å². The van der Waals surface area contributed by atoms with Gasteiger partial charge in [0.1, 0.15) is 12.4 Å². The lowest BCUT2D eigenvalue weighted by atomic mass is 10.2. The van der Waals surface area contributed by atoms with E-state index in [2.05, 4.69) is 10.4 Å². The molecule has 0 bridgehead atoms. The second-order valence-electron chi connectivity index (χ2n) is 6.47. The highest BCUT2D eigenvalue weighted by Gasteiger charge is 2.23. The van der Waals surface area contributed by atoms with Gasteiger partial charge in [-0.25, -0.2) is 0 Å². The number of nitrogens with zero attached hydrogens (tertiary/aromatic N) is 2. The van der Waals surface area contributed by atoms with E-state index in [4.69, 9.17) is 22.1 Å². The van der Waals surface area contributed by atoms with Gasteiger partial charge in [-0.15, -0.1) is 0 Å². The molecule has 0 unspecified atom stereocenters. The van der Waals surface area contributed by atoms with Crippen LogP contribution < -0.4 is 15.8 Å². The molecule has 2 aromatic carbocycles. The van der Waals surface area contributed by atoms with Gasteiger partial charge in [0, 0.05) is 6.04 Å². The molecule has 7 nitrogen and oxygen atoms in total. The number of aromatic nitrogens is 2. The summed E-state index contributed by atoms with van der Waals surface area (Å²) in [6, 6.07) is 9.78. The molecule has 0 spiro atoms. The Hall–Kier alpha value is -2.29. The minimum Gasteiger partial charge on any atom is -0.491 e. The second kappa shape index (κ2) is 7.03. The van der Waals surface area contributed by atoms with Crippen molar-refractivity contribution in [1.29, 1.82) is 0 Å². The largest absolute Gasteiger partial charge is 0.491 e.